The molecule has 38 heavy (non-hydrogen) atoms. The lowest BCUT2D eigenvalue weighted by molar-refractivity contribution is 0.0970. The normalized spacial score (nSPS) is 13.4. The number of hydrogen-bond donors (Lipinski definition) is 3. The number of rotatable bonds is 7. The number of aliphatic hydroxyl groups excluding tert-OH is 1. The van der Waals surface area contributed by atoms with Gasteiger partial charge in [-0.15, -0.1) is 0 Å². The number of thiocarbonyl (C=S) groups is 1. The maximum absolute atomic E-state index is 15.4. The van der Waals surface area contributed by atoms with Crippen LogP contribution < -0.4 is 10.6 Å². The van der Waals surface area contributed by atoms with Gasteiger partial charge in [0.05, 0.1) is 11.2 Å². The molecule has 2 heterocycles. The lowest BCUT2D eigenvalue weighted by Crippen LogP contribution is -2.50. The molecule has 0 saturated heterocycles. The summed E-state index contributed by atoms with van der Waals surface area (Å²) < 4.78 is 35.8. The van der Waals surface area contributed by atoms with Crippen LogP contribution in [-0.4, -0.2) is 31.1 Å². The number of aliphatic hydroxyl groups is 1. The number of nitrogens with zero attached hydrogens (tertiary/aromatic N) is 3. The number of nitrogens with one attached hydrogen (secondary N) is 2. The van der Waals surface area contributed by atoms with Gasteiger partial charge >= 0.3 is 0 Å². The molecule has 1 amide bonds. The zero-order valence-electron chi connectivity index (χ0n) is 20.8. The second kappa shape index (κ2) is 11.1. The fraction of sp³-hybridized carbons (Fsp3) is 0.222. The van der Waals surface area contributed by atoms with Crippen LogP contribution in [0, 0.1) is 25.5 Å². The number of carbonyl (C=O) groups excluding carboxylic acids is 1. The number of benzene rings is 2. The van der Waals surface area contributed by atoms with Crippen LogP contribution in [-0.2, 0) is 5.54 Å². The predicted molar refractivity (Wildman–Crippen MR) is 140 cm³/mol. The Morgan fingerprint density at radius 2 is 1.82 bits per heavy atom. The Morgan fingerprint density at radius 1 is 1.13 bits per heavy atom. The third-order valence-electron chi connectivity index (χ3n) is 6.02. The van der Waals surface area contributed by atoms with E-state index in [9.17, 15) is 14.3 Å². The molecule has 0 spiro atoms. The molecule has 0 fully saturated rings. The van der Waals surface area contributed by atoms with Crippen molar-refractivity contribution in [3.63, 3.8) is 0 Å². The summed E-state index contributed by atoms with van der Waals surface area (Å²) in [7, 11) is 0. The van der Waals surface area contributed by atoms with Crippen LogP contribution in [0.2, 0.25) is 0 Å². The van der Waals surface area contributed by atoms with Gasteiger partial charge < -0.3 is 14.8 Å². The van der Waals surface area contributed by atoms with E-state index in [0.717, 1.165) is 6.07 Å². The molecule has 196 valence electrons. The van der Waals surface area contributed by atoms with Crippen molar-refractivity contribution >= 4 is 23.2 Å². The highest BCUT2D eigenvalue weighted by Gasteiger charge is 2.36. The molecule has 4 rings (SSSR count). The van der Waals surface area contributed by atoms with Crippen molar-refractivity contribution in [3.8, 4) is 11.1 Å². The maximum atomic E-state index is 15.4. The van der Waals surface area contributed by atoms with Crippen LogP contribution in [0.25, 0.3) is 11.1 Å². The third-order valence-corrected chi connectivity index (χ3v) is 6.22. The molecule has 4 aromatic rings. The van der Waals surface area contributed by atoms with Gasteiger partial charge in [0.1, 0.15) is 24.1 Å². The minimum absolute atomic E-state index is 0.0120. The molecule has 2 aromatic heterocycles. The molecule has 0 aliphatic carbocycles. The molecule has 0 aliphatic heterocycles. The molecule has 0 bridgehead atoms. The van der Waals surface area contributed by atoms with Crippen molar-refractivity contribution < 1.29 is 23.1 Å². The number of amides is 1. The van der Waals surface area contributed by atoms with E-state index in [1.807, 2.05) is 0 Å². The minimum Gasteiger partial charge on any atom is -0.443 e. The lowest BCUT2D eigenvalue weighted by Gasteiger charge is -2.34. The van der Waals surface area contributed by atoms with Crippen molar-refractivity contribution in [3.05, 3.63) is 101 Å². The van der Waals surface area contributed by atoms with Gasteiger partial charge in [0, 0.05) is 54.1 Å². The number of aromatic nitrogens is 3. The first-order valence-corrected chi connectivity index (χ1v) is 12.0. The molecule has 0 saturated carbocycles. The topological polar surface area (TPSA) is 113 Å². The van der Waals surface area contributed by atoms with Crippen molar-refractivity contribution in [1.29, 1.82) is 0 Å². The number of hydrogen-bond acceptors (Lipinski definition) is 7. The number of halogens is 2. The van der Waals surface area contributed by atoms with E-state index in [2.05, 4.69) is 25.6 Å². The smallest absolute Gasteiger partial charge is 0.257 e. The zero-order valence-corrected chi connectivity index (χ0v) is 21.6. The average Bonchev–Trinajstić information content (AvgIpc) is 3.22. The molecule has 8 nitrogen and oxygen atoms in total. The molecule has 2 unspecified atom stereocenters. The molecule has 0 radical (unpaired) electrons. The number of oxazole rings is 1. The predicted octanol–water partition coefficient (Wildman–Crippen LogP) is 4.67. The summed E-state index contributed by atoms with van der Waals surface area (Å²) in [6.07, 6.45) is 2.69. The monoisotopic (exact) mass is 537 g/mol. The van der Waals surface area contributed by atoms with E-state index in [1.165, 1.54) is 24.8 Å². The maximum Gasteiger partial charge on any atom is 0.257 e. The van der Waals surface area contributed by atoms with Gasteiger partial charge in [0.25, 0.3) is 5.91 Å². The van der Waals surface area contributed by atoms with E-state index in [4.69, 9.17) is 16.6 Å². The summed E-state index contributed by atoms with van der Waals surface area (Å²) in [6, 6.07) is 10.5. The molecule has 11 heteroatoms. The van der Waals surface area contributed by atoms with Crippen molar-refractivity contribution in [2.75, 3.05) is 0 Å². The highest BCUT2D eigenvalue weighted by Crippen LogP contribution is 2.37. The van der Waals surface area contributed by atoms with Crippen LogP contribution in [0.3, 0.4) is 0 Å². The van der Waals surface area contributed by atoms with Gasteiger partial charge in [-0.2, -0.15) is 0 Å². The Morgan fingerprint density at radius 3 is 2.45 bits per heavy atom. The van der Waals surface area contributed by atoms with Crippen LogP contribution in [0.4, 0.5) is 8.78 Å². The Labute approximate surface area is 223 Å². The highest BCUT2D eigenvalue weighted by atomic mass is 32.1. The van der Waals surface area contributed by atoms with Crippen LogP contribution >= 0.6 is 12.2 Å². The molecule has 2 aromatic carbocycles. The summed E-state index contributed by atoms with van der Waals surface area (Å²) in [5.41, 5.74) is -0.242. The molecular formula is C27H25F2N5O3S. The van der Waals surface area contributed by atoms with Gasteiger partial charge in [0.2, 0.25) is 0 Å². The van der Waals surface area contributed by atoms with E-state index in [-0.39, 0.29) is 28.4 Å². The first kappa shape index (κ1) is 27.0. The fourth-order valence-electron chi connectivity index (χ4n) is 4.24. The van der Waals surface area contributed by atoms with Crippen LogP contribution in [0.5, 0.6) is 0 Å². The van der Waals surface area contributed by atoms with Gasteiger partial charge in [-0.25, -0.2) is 23.7 Å². The van der Waals surface area contributed by atoms with E-state index in [1.54, 1.807) is 51.1 Å². The summed E-state index contributed by atoms with van der Waals surface area (Å²) in [5, 5.41) is 16.5. The minimum atomic E-state index is -1.45. The average molecular weight is 538 g/mol. The number of carbonyl (C=O) groups is 1. The highest BCUT2D eigenvalue weighted by molar-refractivity contribution is 7.80. The Bertz CT molecular complexity index is 1470. The SMILES string of the molecule is Cc1nc(C)c(C(O)CC(C)(NC(=S)NC(=O)c2ccccc2)c2cc(-c3cncnc3)c(F)cc2F)o1. The van der Waals surface area contributed by atoms with Crippen LogP contribution in [0.15, 0.2) is 65.6 Å². The van der Waals surface area contributed by atoms with Gasteiger partial charge in [0.15, 0.2) is 16.8 Å². The quantitative estimate of drug-likeness (QED) is 0.292. The fourth-order valence-corrected chi connectivity index (χ4v) is 4.56. The zero-order chi connectivity index (χ0) is 27.4. The standard InChI is InChI=1S/C27H25F2N5O3S/c1-15-24(37-16(2)32-15)23(35)11-27(3,34-26(38)33-25(36)17-7-5-4-6-8-17)20-9-19(21(28)10-22(20)29)18-12-30-14-31-13-18/h4-10,12-14,23,35H,11H2,1-3H3,(H2,33,34,36,38). The van der Waals surface area contributed by atoms with Crippen molar-refractivity contribution in [2.45, 2.75) is 38.8 Å². The van der Waals surface area contributed by atoms with Gasteiger partial charge in [-0.1, -0.05) is 18.2 Å². The van der Waals surface area contributed by atoms with Crippen molar-refractivity contribution in [1.82, 2.24) is 25.6 Å². The summed E-state index contributed by atoms with van der Waals surface area (Å²) in [6.45, 7) is 4.90. The Kier molecular flexibility index (Phi) is 7.88. The van der Waals surface area contributed by atoms with E-state index in [0.29, 0.717) is 22.7 Å². The number of aryl methyl sites for hydroxylation is 2. The summed E-state index contributed by atoms with van der Waals surface area (Å²) in [4.78, 5) is 24.7. The Hall–Kier alpha value is -4.09. The van der Waals surface area contributed by atoms with Crippen LogP contribution in [0.1, 0.15) is 52.7 Å². The second-order valence-electron chi connectivity index (χ2n) is 8.95. The van der Waals surface area contributed by atoms with Gasteiger partial charge in [-0.05, 0) is 44.3 Å². The lowest BCUT2D eigenvalue weighted by atomic mass is 9.83. The summed E-state index contributed by atoms with van der Waals surface area (Å²) in [5.74, 6) is -1.61. The van der Waals surface area contributed by atoms with E-state index < -0.39 is 29.2 Å². The molecule has 0 aliphatic rings. The third kappa shape index (κ3) is 5.90. The van der Waals surface area contributed by atoms with Crippen molar-refractivity contribution in [2.24, 2.45) is 0 Å². The van der Waals surface area contributed by atoms with E-state index >= 15 is 4.39 Å². The summed E-state index contributed by atoms with van der Waals surface area (Å²) >= 11 is 5.40. The molecule has 3 N–H and O–H groups in total. The van der Waals surface area contributed by atoms with Gasteiger partial charge in [-0.3, -0.25) is 10.1 Å². The first-order chi connectivity index (χ1) is 18.1. The first-order valence-electron chi connectivity index (χ1n) is 11.6. The molecule has 2 atom stereocenters. The second-order valence-corrected chi connectivity index (χ2v) is 9.36. The largest absolute Gasteiger partial charge is 0.443 e. The Balaban J connectivity index is 1.73. The molecular weight excluding hydrogens is 512 g/mol.